The van der Waals surface area contributed by atoms with E-state index in [1.807, 2.05) is 201 Å². The molecule has 0 fully saturated rings. The predicted octanol–water partition coefficient (Wildman–Crippen LogP) is 22.3. The van der Waals surface area contributed by atoms with E-state index in [0.717, 1.165) is 46.1 Å². The molecule has 0 aliphatic carbocycles. The summed E-state index contributed by atoms with van der Waals surface area (Å²) in [7, 11) is -10.7. The van der Waals surface area contributed by atoms with Crippen LogP contribution in [0.4, 0.5) is 17.3 Å². The summed E-state index contributed by atoms with van der Waals surface area (Å²) in [4.78, 5) is 0. The highest BCUT2D eigenvalue weighted by Crippen LogP contribution is 2.14. The fourth-order valence-corrected chi connectivity index (χ4v) is 7.53. The third-order valence-electron chi connectivity index (χ3n) is 16.1. The van der Waals surface area contributed by atoms with E-state index in [2.05, 4.69) is 159 Å². The van der Waals surface area contributed by atoms with Gasteiger partial charge in [-0.05, 0) is 304 Å². The molecule has 24 heteroatoms. The first-order valence-electron chi connectivity index (χ1n) is 35.4. The topological polar surface area (TPSA) is 267 Å². The Bertz CT molecular complexity index is 3270. The van der Waals surface area contributed by atoms with Crippen LogP contribution in [0.25, 0.3) is 0 Å². The Morgan fingerprint density at radius 1 is 0.161 bits per heavy atom. The predicted molar refractivity (Wildman–Crippen MR) is 450 cm³/mol. The number of aryl methyl sites for hydroxylation is 16. The van der Waals surface area contributed by atoms with Crippen LogP contribution in [0.2, 0.25) is 0 Å². The zero-order valence-electron chi connectivity index (χ0n) is 69.8. The fraction of sp³-hybridized carbons (Fsp3) is 0.273. The van der Waals surface area contributed by atoms with E-state index in [-0.39, 0.29) is 0 Å². The van der Waals surface area contributed by atoms with Crippen LogP contribution < -0.4 is 0 Å². The van der Waals surface area contributed by atoms with Gasteiger partial charge in [0.25, 0.3) is 0 Å². The van der Waals surface area contributed by atoms with Gasteiger partial charge in [0.15, 0.2) is 0 Å². The van der Waals surface area contributed by atoms with E-state index in [1.54, 1.807) is 50.1 Å². The van der Waals surface area contributed by atoms with Crippen molar-refractivity contribution < 1.29 is 92.8 Å². The largest absolute Gasteiger partial charge is 0.674 e. The van der Waals surface area contributed by atoms with Crippen molar-refractivity contribution in [3.05, 3.63) is 379 Å². The molecule has 0 spiro atoms. The van der Waals surface area contributed by atoms with E-state index in [0.29, 0.717) is 0 Å². The Kier molecular flexibility index (Phi) is 65.3. The van der Waals surface area contributed by atoms with Crippen LogP contribution in [0.15, 0.2) is 280 Å². The van der Waals surface area contributed by atoms with Crippen molar-refractivity contribution in [2.75, 3.05) is 0 Å². The van der Waals surface area contributed by atoms with Crippen molar-refractivity contribution in [2.45, 2.75) is 166 Å². The van der Waals surface area contributed by atoms with Crippen molar-refractivity contribution in [1.29, 1.82) is 0 Å². The number of hydrogen-bond donors (Lipinski definition) is 8. The summed E-state index contributed by atoms with van der Waals surface area (Å²) in [6.45, 7) is 49.0. The summed E-state index contributed by atoms with van der Waals surface area (Å²) >= 11 is 0. The normalized spacial score (nSPS) is 8.89. The number of rotatable bonds is 0. The van der Waals surface area contributed by atoms with Crippen LogP contribution in [0.5, 0.6) is 0 Å². The Hall–Kier alpha value is -10.3. The molecule has 0 radical (unpaired) electrons. The van der Waals surface area contributed by atoms with Gasteiger partial charge in [0.2, 0.25) is 0 Å². The Morgan fingerprint density at radius 3 is 0.321 bits per heavy atom. The maximum atomic E-state index is 10.1. The average Bonchev–Trinajstić information content (AvgIpc) is 1.23. The molecule has 8 aromatic heterocycles. The first kappa shape index (κ1) is 108. The SMILES string of the molecule is Cc1cccccoc(C)c1C.Cc1cccccoc(C)c1C.Cc1cccccoc(C)c1C.Cc1cccccoc(C)c1C.Cc1cccccoc(C)c1C.Cc1cccccoc(C)c1C.Cc1cccccoc(C)c1C.Cc1cccccoc(C)c1C.OB(O)F.OB(O)F.OB(O)F.OB(O)F. The molecular formula is C88H120B4F4O16. The standard InChI is InChI=1S/8C11H14O.4BFH2O2/c8*1-9-7-5-4-6-8-12-11(3)10(9)2;4*2-1(3)4/h8*4-8H,1-3H3;4*3-4H. The Morgan fingerprint density at radius 2 is 0.241 bits per heavy atom. The van der Waals surface area contributed by atoms with Crippen molar-refractivity contribution in [1.82, 2.24) is 0 Å². The second-order valence-electron chi connectivity index (χ2n) is 24.1. The zero-order chi connectivity index (χ0) is 86.1. The summed E-state index contributed by atoms with van der Waals surface area (Å²) in [5.41, 5.74) is 19.5. The van der Waals surface area contributed by atoms with Gasteiger partial charge in [0.1, 0.15) is 46.1 Å². The lowest BCUT2D eigenvalue weighted by atomic mass is 10.1. The van der Waals surface area contributed by atoms with Crippen molar-refractivity contribution in [3.63, 3.8) is 0 Å². The van der Waals surface area contributed by atoms with E-state index in [1.165, 1.54) is 89.0 Å². The van der Waals surface area contributed by atoms with Crippen molar-refractivity contribution in [2.24, 2.45) is 0 Å². The molecule has 8 heterocycles. The zero-order valence-corrected chi connectivity index (χ0v) is 69.8. The van der Waals surface area contributed by atoms with Crippen LogP contribution in [-0.4, -0.2) is 69.8 Å². The summed E-state index contributed by atoms with van der Waals surface area (Å²) in [6.07, 6.45) is 13.6. The van der Waals surface area contributed by atoms with Gasteiger partial charge in [-0.25, -0.2) is 0 Å². The smallest absolute Gasteiger partial charge is 0.469 e. The average molecular weight is 1550 g/mol. The lowest BCUT2D eigenvalue weighted by Crippen LogP contribution is -1.98. The van der Waals surface area contributed by atoms with Gasteiger partial charge in [-0.15, -0.1) is 0 Å². The van der Waals surface area contributed by atoms with Gasteiger partial charge in [-0.1, -0.05) is 146 Å². The molecule has 16 nitrogen and oxygen atoms in total. The molecule has 0 aliphatic rings. The molecule has 0 unspecified atom stereocenters. The minimum Gasteiger partial charge on any atom is -0.469 e. The fourth-order valence-electron chi connectivity index (χ4n) is 7.53. The molecule has 0 saturated heterocycles. The first-order valence-corrected chi connectivity index (χ1v) is 35.4. The van der Waals surface area contributed by atoms with Crippen molar-refractivity contribution in [3.8, 4) is 0 Å². The lowest BCUT2D eigenvalue weighted by Gasteiger charge is -1.95. The summed E-state index contributed by atoms with van der Waals surface area (Å²) in [5.74, 6) is 7.69. The molecule has 608 valence electrons. The van der Waals surface area contributed by atoms with E-state index in [4.69, 9.17) is 75.5 Å². The molecule has 0 amide bonds. The summed E-state index contributed by atoms with van der Waals surface area (Å²) in [6, 6.07) is 63.4. The minimum atomic E-state index is -2.67. The van der Waals surface area contributed by atoms with Crippen LogP contribution >= 0.6 is 0 Å². The third-order valence-corrected chi connectivity index (χ3v) is 16.1. The van der Waals surface area contributed by atoms with Crippen LogP contribution in [0.1, 0.15) is 135 Å². The van der Waals surface area contributed by atoms with Crippen LogP contribution in [-0.2, 0) is 0 Å². The molecule has 8 N–H and O–H groups in total. The number of hydrogen-bond acceptors (Lipinski definition) is 16. The lowest BCUT2D eigenvalue weighted by molar-refractivity contribution is 0.338. The Labute approximate surface area is 664 Å². The van der Waals surface area contributed by atoms with Gasteiger partial charge < -0.3 is 75.5 Å². The molecule has 8 aromatic rings. The van der Waals surface area contributed by atoms with Crippen LogP contribution in [0, 0.1) is 166 Å². The quantitative estimate of drug-likeness (QED) is 0.0518. The molecule has 8 rings (SSSR count). The highest BCUT2D eigenvalue weighted by Gasteiger charge is 2.01. The highest BCUT2D eigenvalue weighted by atomic mass is 19.1. The van der Waals surface area contributed by atoms with E-state index in [9.17, 15) is 17.3 Å². The number of halogens is 4. The minimum absolute atomic E-state index is 0.962. The third kappa shape index (κ3) is 61.5. The second kappa shape index (κ2) is 67.6. The molecule has 0 saturated carbocycles. The van der Waals surface area contributed by atoms with Gasteiger partial charge in [-0.2, -0.15) is 0 Å². The molecule has 0 aromatic carbocycles. The van der Waals surface area contributed by atoms with Gasteiger partial charge in [0, 0.05) is 0 Å². The van der Waals surface area contributed by atoms with Gasteiger partial charge in [-0.3, -0.25) is 17.3 Å². The molecule has 112 heavy (non-hydrogen) atoms. The summed E-state index contributed by atoms with van der Waals surface area (Å²) in [5, 5.41) is 55.6. The first-order chi connectivity index (χ1) is 52.6. The maximum absolute atomic E-state index is 10.1. The second-order valence-corrected chi connectivity index (χ2v) is 24.1. The van der Waals surface area contributed by atoms with E-state index < -0.39 is 29.6 Å². The van der Waals surface area contributed by atoms with E-state index >= 15 is 0 Å². The summed E-state index contributed by atoms with van der Waals surface area (Å²) < 4.78 is 83.3. The molecule has 0 atom stereocenters. The Balaban J connectivity index is -0.000000578. The van der Waals surface area contributed by atoms with Crippen molar-refractivity contribution >= 4 is 29.6 Å². The molecule has 0 bridgehead atoms. The van der Waals surface area contributed by atoms with Crippen LogP contribution in [0.3, 0.4) is 0 Å². The highest BCUT2D eigenvalue weighted by molar-refractivity contribution is 6.32. The molecular weight excluding hydrogens is 1430 g/mol. The monoisotopic (exact) mass is 1550 g/mol. The molecule has 0 aliphatic heterocycles. The van der Waals surface area contributed by atoms with Gasteiger partial charge >= 0.3 is 29.6 Å². The maximum Gasteiger partial charge on any atom is 0.674 e. The van der Waals surface area contributed by atoms with Gasteiger partial charge in [0.05, 0.1) is 50.1 Å².